The van der Waals surface area contributed by atoms with Crippen LogP contribution in [0.2, 0.25) is 0 Å². The summed E-state index contributed by atoms with van der Waals surface area (Å²) < 4.78 is 5.90. The van der Waals surface area contributed by atoms with Gasteiger partial charge < -0.3 is 9.84 Å². The fourth-order valence-electron chi connectivity index (χ4n) is 1.14. The maximum absolute atomic E-state index is 11.1. The maximum atomic E-state index is 11.1. The number of carboxylic acids is 1. The van der Waals surface area contributed by atoms with Crippen molar-refractivity contribution in [3.05, 3.63) is 18.5 Å². The average Bonchev–Trinajstić information content (AvgIpc) is 2.66. The normalized spacial score (nSPS) is 12.1. The predicted molar refractivity (Wildman–Crippen MR) is 50.1 cm³/mol. The molecule has 0 amide bonds. The molecular weight excluding hydrogens is 200 g/mol. The number of carbonyl (C=O) groups excluding carboxylic acids is 1. The van der Waals surface area contributed by atoms with Crippen molar-refractivity contribution < 1.29 is 19.4 Å². The lowest BCUT2D eigenvalue weighted by Crippen LogP contribution is -2.23. The van der Waals surface area contributed by atoms with Crippen molar-refractivity contribution >= 4 is 11.9 Å². The highest BCUT2D eigenvalue weighted by Crippen LogP contribution is 2.11. The maximum Gasteiger partial charge on any atom is 0.329 e. The van der Waals surface area contributed by atoms with Gasteiger partial charge in [-0.1, -0.05) is 0 Å². The standard InChI is InChI=1S/C9H12N2O4/c1-2-15-8(12)6-7(9(13)14)11-5-3-4-10-11/h3-5,7H,2,6H2,1H3,(H,13,14). The van der Waals surface area contributed by atoms with E-state index in [1.807, 2.05) is 0 Å². The van der Waals surface area contributed by atoms with Crippen LogP contribution >= 0.6 is 0 Å². The van der Waals surface area contributed by atoms with Gasteiger partial charge in [0.2, 0.25) is 0 Å². The summed E-state index contributed by atoms with van der Waals surface area (Å²) in [4.78, 5) is 22.0. The number of aromatic nitrogens is 2. The van der Waals surface area contributed by atoms with E-state index < -0.39 is 18.0 Å². The van der Waals surface area contributed by atoms with E-state index in [0.29, 0.717) is 0 Å². The van der Waals surface area contributed by atoms with Crippen LogP contribution in [0.4, 0.5) is 0 Å². The Hall–Kier alpha value is -1.85. The summed E-state index contributed by atoms with van der Waals surface area (Å²) in [7, 11) is 0. The molecule has 0 bridgehead atoms. The van der Waals surface area contributed by atoms with Crippen molar-refractivity contribution in [2.45, 2.75) is 19.4 Å². The number of hydrogen-bond acceptors (Lipinski definition) is 4. The smallest absolute Gasteiger partial charge is 0.329 e. The molecule has 0 saturated carbocycles. The number of nitrogens with zero attached hydrogens (tertiary/aromatic N) is 2. The summed E-state index contributed by atoms with van der Waals surface area (Å²) in [6.07, 6.45) is 2.74. The minimum atomic E-state index is -1.10. The van der Waals surface area contributed by atoms with Gasteiger partial charge in [0.15, 0.2) is 6.04 Å². The lowest BCUT2D eigenvalue weighted by atomic mass is 10.2. The fraction of sp³-hybridized carbons (Fsp3) is 0.444. The Kier molecular flexibility index (Phi) is 3.84. The van der Waals surface area contributed by atoms with E-state index in [1.165, 1.54) is 17.1 Å². The van der Waals surface area contributed by atoms with Crippen molar-refractivity contribution in [3.63, 3.8) is 0 Å². The Balaban J connectivity index is 2.68. The molecule has 0 saturated heterocycles. The molecule has 0 spiro atoms. The van der Waals surface area contributed by atoms with E-state index in [9.17, 15) is 9.59 Å². The molecule has 0 aliphatic carbocycles. The van der Waals surface area contributed by atoms with Crippen molar-refractivity contribution in [2.75, 3.05) is 6.61 Å². The number of rotatable bonds is 5. The molecule has 1 rings (SSSR count). The summed E-state index contributed by atoms with van der Waals surface area (Å²) in [6, 6.07) is 0.597. The molecule has 15 heavy (non-hydrogen) atoms. The molecule has 1 atom stereocenters. The van der Waals surface area contributed by atoms with Crippen LogP contribution in [0.5, 0.6) is 0 Å². The molecule has 0 fully saturated rings. The molecule has 1 aromatic rings. The van der Waals surface area contributed by atoms with Gasteiger partial charge >= 0.3 is 11.9 Å². The largest absolute Gasteiger partial charge is 0.480 e. The van der Waals surface area contributed by atoms with E-state index in [4.69, 9.17) is 5.11 Å². The molecule has 1 N–H and O–H groups in total. The van der Waals surface area contributed by atoms with Gasteiger partial charge in [0.1, 0.15) is 0 Å². The van der Waals surface area contributed by atoms with Gasteiger partial charge in [-0.05, 0) is 13.0 Å². The van der Waals surface area contributed by atoms with E-state index in [1.54, 1.807) is 13.0 Å². The predicted octanol–water partition coefficient (Wildman–Crippen LogP) is 0.462. The van der Waals surface area contributed by atoms with Gasteiger partial charge in [0.25, 0.3) is 0 Å². The summed E-state index contributed by atoms with van der Waals surface area (Å²) in [6.45, 7) is 1.91. The van der Waals surface area contributed by atoms with Crippen LogP contribution in [0.1, 0.15) is 19.4 Å². The van der Waals surface area contributed by atoms with Crippen LogP contribution in [-0.2, 0) is 14.3 Å². The van der Waals surface area contributed by atoms with Crippen molar-refractivity contribution in [2.24, 2.45) is 0 Å². The molecule has 0 radical (unpaired) electrons. The molecule has 0 aliphatic heterocycles. The van der Waals surface area contributed by atoms with Crippen LogP contribution in [0.25, 0.3) is 0 Å². The molecule has 82 valence electrons. The number of esters is 1. The zero-order valence-electron chi connectivity index (χ0n) is 8.29. The third kappa shape index (κ3) is 3.08. The van der Waals surface area contributed by atoms with E-state index in [0.717, 1.165) is 0 Å². The first-order valence-electron chi connectivity index (χ1n) is 4.52. The summed E-state index contributed by atoms with van der Waals surface area (Å²) >= 11 is 0. The van der Waals surface area contributed by atoms with Crippen molar-refractivity contribution in [3.8, 4) is 0 Å². The quantitative estimate of drug-likeness (QED) is 0.717. The van der Waals surface area contributed by atoms with Gasteiger partial charge in [0, 0.05) is 12.4 Å². The molecule has 1 heterocycles. The van der Waals surface area contributed by atoms with Crippen molar-refractivity contribution in [1.82, 2.24) is 9.78 Å². The third-order valence-electron chi connectivity index (χ3n) is 1.79. The second-order valence-electron chi connectivity index (χ2n) is 2.85. The SMILES string of the molecule is CCOC(=O)CC(C(=O)O)n1cccn1. The Morgan fingerprint density at radius 3 is 2.80 bits per heavy atom. The van der Waals surface area contributed by atoms with E-state index >= 15 is 0 Å². The molecular formula is C9H12N2O4. The van der Waals surface area contributed by atoms with Gasteiger partial charge in [0.05, 0.1) is 13.0 Å². The number of hydrogen-bond donors (Lipinski definition) is 1. The lowest BCUT2D eigenvalue weighted by Gasteiger charge is -2.11. The van der Waals surface area contributed by atoms with Gasteiger partial charge in [-0.15, -0.1) is 0 Å². The van der Waals surface area contributed by atoms with E-state index in [-0.39, 0.29) is 13.0 Å². The topological polar surface area (TPSA) is 81.4 Å². The second kappa shape index (κ2) is 5.14. The zero-order chi connectivity index (χ0) is 11.3. The molecule has 6 nitrogen and oxygen atoms in total. The Morgan fingerprint density at radius 1 is 1.60 bits per heavy atom. The first-order chi connectivity index (χ1) is 7.15. The van der Waals surface area contributed by atoms with Crippen LogP contribution in [-0.4, -0.2) is 33.4 Å². The first-order valence-corrected chi connectivity index (χ1v) is 4.52. The molecule has 1 unspecified atom stereocenters. The highest BCUT2D eigenvalue weighted by molar-refractivity contribution is 5.80. The Morgan fingerprint density at radius 2 is 2.33 bits per heavy atom. The first kappa shape index (κ1) is 11.2. The number of carboxylic acid groups (broad SMARTS) is 1. The summed E-state index contributed by atoms with van der Waals surface area (Å²) in [5.74, 6) is -1.65. The van der Waals surface area contributed by atoms with Gasteiger partial charge in [-0.3, -0.25) is 9.48 Å². The molecule has 6 heteroatoms. The minimum Gasteiger partial charge on any atom is -0.480 e. The van der Waals surface area contributed by atoms with Gasteiger partial charge in [-0.25, -0.2) is 4.79 Å². The highest BCUT2D eigenvalue weighted by atomic mass is 16.5. The van der Waals surface area contributed by atoms with Crippen LogP contribution in [0.15, 0.2) is 18.5 Å². The van der Waals surface area contributed by atoms with Crippen molar-refractivity contribution in [1.29, 1.82) is 0 Å². The molecule has 0 aliphatic rings. The fourth-order valence-corrected chi connectivity index (χ4v) is 1.14. The monoisotopic (exact) mass is 212 g/mol. The summed E-state index contributed by atoms with van der Waals surface area (Å²) in [5.41, 5.74) is 0. The second-order valence-corrected chi connectivity index (χ2v) is 2.85. The number of aliphatic carboxylic acids is 1. The highest BCUT2D eigenvalue weighted by Gasteiger charge is 2.23. The van der Waals surface area contributed by atoms with E-state index in [2.05, 4.69) is 9.84 Å². The van der Waals surface area contributed by atoms with Crippen LogP contribution in [0.3, 0.4) is 0 Å². The number of carbonyl (C=O) groups is 2. The molecule has 1 aromatic heterocycles. The average molecular weight is 212 g/mol. The lowest BCUT2D eigenvalue weighted by molar-refractivity contribution is -0.150. The number of ether oxygens (including phenoxy) is 1. The van der Waals surface area contributed by atoms with Gasteiger partial charge in [-0.2, -0.15) is 5.10 Å². The summed E-state index contributed by atoms with van der Waals surface area (Å²) in [5, 5.41) is 12.7. The molecule has 0 aromatic carbocycles. The van der Waals surface area contributed by atoms with Crippen LogP contribution < -0.4 is 0 Å². The Labute approximate surface area is 86.5 Å². The minimum absolute atomic E-state index is 0.217. The Bertz CT molecular complexity index is 334. The zero-order valence-corrected chi connectivity index (χ0v) is 8.29. The van der Waals surface area contributed by atoms with Crippen LogP contribution in [0, 0.1) is 0 Å². The third-order valence-corrected chi connectivity index (χ3v) is 1.79.